The fourth-order valence-corrected chi connectivity index (χ4v) is 4.24. The van der Waals surface area contributed by atoms with E-state index in [4.69, 9.17) is 0 Å². The Labute approximate surface area is 184 Å². The molecule has 30 heavy (non-hydrogen) atoms. The van der Waals surface area contributed by atoms with Crippen molar-refractivity contribution < 1.29 is 9.59 Å². The van der Waals surface area contributed by atoms with Crippen LogP contribution in [0.5, 0.6) is 0 Å². The van der Waals surface area contributed by atoms with E-state index in [-0.39, 0.29) is 30.3 Å². The van der Waals surface area contributed by atoms with Gasteiger partial charge in [-0.3, -0.25) is 14.6 Å². The quantitative estimate of drug-likeness (QED) is 0.760. The first-order valence-corrected chi connectivity index (χ1v) is 10.4. The molecular formula is C23H29ClN4O2. The molecule has 2 fully saturated rings. The minimum Gasteiger partial charge on any atom is -0.332 e. The van der Waals surface area contributed by atoms with Gasteiger partial charge in [-0.2, -0.15) is 0 Å². The molecule has 160 valence electrons. The highest BCUT2D eigenvalue weighted by atomic mass is 35.5. The summed E-state index contributed by atoms with van der Waals surface area (Å²) in [4.78, 5) is 34.3. The summed E-state index contributed by atoms with van der Waals surface area (Å²) >= 11 is 0. The summed E-state index contributed by atoms with van der Waals surface area (Å²) in [6.45, 7) is 6.90. The Morgan fingerprint density at radius 1 is 1.17 bits per heavy atom. The van der Waals surface area contributed by atoms with Crippen molar-refractivity contribution in [1.29, 1.82) is 0 Å². The van der Waals surface area contributed by atoms with Gasteiger partial charge < -0.3 is 15.1 Å². The van der Waals surface area contributed by atoms with Crippen LogP contribution in [0.15, 0.2) is 48.8 Å². The third-order valence-corrected chi connectivity index (χ3v) is 5.97. The number of carbonyl (C=O) groups excluding carboxylic acids is 2. The third-order valence-electron chi connectivity index (χ3n) is 5.97. The van der Waals surface area contributed by atoms with Crippen molar-refractivity contribution in [3.8, 4) is 0 Å². The second-order valence-electron chi connectivity index (χ2n) is 8.12. The van der Waals surface area contributed by atoms with Gasteiger partial charge in [-0.25, -0.2) is 0 Å². The molecule has 2 saturated heterocycles. The molecule has 7 heteroatoms. The van der Waals surface area contributed by atoms with Gasteiger partial charge in [0.05, 0.1) is 6.04 Å². The van der Waals surface area contributed by atoms with Crippen molar-refractivity contribution in [3.63, 3.8) is 0 Å². The number of hydrogen-bond acceptors (Lipinski definition) is 4. The number of aromatic nitrogens is 1. The first-order chi connectivity index (χ1) is 14.1. The highest BCUT2D eigenvalue weighted by molar-refractivity contribution is 6.09. The number of anilines is 1. The van der Waals surface area contributed by atoms with Crippen molar-refractivity contribution >= 4 is 29.9 Å². The molecule has 1 aromatic carbocycles. The summed E-state index contributed by atoms with van der Waals surface area (Å²) in [7, 11) is 0. The molecule has 0 aliphatic carbocycles. The Balaban J connectivity index is 0.00000256. The Bertz CT molecular complexity index is 873. The normalized spacial score (nSPS) is 21.6. The predicted octanol–water partition coefficient (Wildman–Crippen LogP) is 3.15. The van der Waals surface area contributed by atoms with Gasteiger partial charge in [-0.15, -0.1) is 12.4 Å². The molecule has 1 N–H and O–H groups in total. The summed E-state index contributed by atoms with van der Waals surface area (Å²) in [6.07, 6.45) is 4.10. The van der Waals surface area contributed by atoms with Crippen LogP contribution in [0.3, 0.4) is 0 Å². The number of nitrogens with zero attached hydrogens (tertiary/aromatic N) is 3. The molecule has 4 rings (SSSR count). The molecule has 0 saturated carbocycles. The van der Waals surface area contributed by atoms with Crippen LogP contribution >= 0.6 is 12.4 Å². The standard InChI is InChI=1S/C23H28N4O2.ClH/c1-16(2)17-5-7-19(8-6-17)26-12-9-20(22(26)28)23(29)27-13-11-25-15-21(27)18-4-3-10-24-14-18;/h3-8,10,14,16,20-21,25H,9,11-13,15H2,1-2H3;1H. The molecule has 0 radical (unpaired) electrons. The highest BCUT2D eigenvalue weighted by Gasteiger charge is 2.42. The Morgan fingerprint density at radius 2 is 1.93 bits per heavy atom. The average molecular weight is 429 g/mol. The third kappa shape index (κ3) is 4.35. The van der Waals surface area contributed by atoms with Gasteiger partial charge >= 0.3 is 0 Å². The summed E-state index contributed by atoms with van der Waals surface area (Å²) in [5, 5.41) is 3.35. The van der Waals surface area contributed by atoms with Gasteiger partial charge in [-0.1, -0.05) is 32.0 Å². The molecule has 0 spiro atoms. The van der Waals surface area contributed by atoms with Crippen molar-refractivity contribution in [3.05, 3.63) is 59.9 Å². The van der Waals surface area contributed by atoms with Crippen LogP contribution < -0.4 is 10.2 Å². The van der Waals surface area contributed by atoms with Crippen LogP contribution in [0.1, 0.15) is 43.4 Å². The van der Waals surface area contributed by atoms with Gasteiger partial charge in [0.25, 0.3) is 0 Å². The maximum absolute atomic E-state index is 13.3. The maximum atomic E-state index is 13.3. The zero-order valence-electron chi connectivity index (χ0n) is 17.5. The van der Waals surface area contributed by atoms with Crippen molar-refractivity contribution in [1.82, 2.24) is 15.2 Å². The average Bonchev–Trinajstić information content (AvgIpc) is 3.15. The predicted molar refractivity (Wildman–Crippen MR) is 120 cm³/mol. The van der Waals surface area contributed by atoms with E-state index in [1.165, 1.54) is 5.56 Å². The minimum atomic E-state index is -0.600. The zero-order chi connectivity index (χ0) is 20.4. The molecule has 1 aromatic heterocycles. The second-order valence-corrected chi connectivity index (χ2v) is 8.12. The first-order valence-electron chi connectivity index (χ1n) is 10.4. The second kappa shape index (κ2) is 9.58. The van der Waals surface area contributed by atoms with E-state index in [0.717, 1.165) is 17.8 Å². The lowest BCUT2D eigenvalue weighted by molar-refractivity contribution is -0.142. The Morgan fingerprint density at radius 3 is 2.60 bits per heavy atom. The van der Waals surface area contributed by atoms with Crippen LogP contribution in [0, 0.1) is 5.92 Å². The van der Waals surface area contributed by atoms with Crippen molar-refractivity contribution in [2.45, 2.75) is 32.2 Å². The molecule has 3 heterocycles. The summed E-state index contributed by atoms with van der Waals surface area (Å²) in [5.74, 6) is -0.302. The highest BCUT2D eigenvalue weighted by Crippen LogP contribution is 2.31. The van der Waals surface area contributed by atoms with Crippen LogP contribution in [0.2, 0.25) is 0 Å². The van der Waals surface area contributed by atoms with Crippen LogP contribution in [0.4, 0.5) is 5.69 Å². The van der Waals surface area contributed by atoms with E-state index in [9.17, 15) is 9.59 Å². The fourth-order valence-electron chi connectivity index (χ4n) is 4.24. The number of carbonyl (C=O) groups is 2. The van der Waals surface area contributed by atoms with Gasteiger partial charge in [-0.05, 0) is 41.7 Å². The largest absolute Gasteiger partial charge is 0.332 e. The number of benzene rings is 1. The molecule has 0 bridgehead atoms. The van der Waals surface area contributed by atoms with E-state index in [1.54, 1.807) is 17.3 Å². The fraction of sp³-hybridized carbons (Fsp3) is 0.435. The number of rotatable bonds is 4. The lowest BCUT2D eigenvalue weighted by atomic mass is 10.0. The smallest absolute Gasteiger partial charge is 0.239 e. The molecule has 2 aliphatic rings. The monoisotopic (exact) mass is 428 g/mol. The lowest BCUT2D eigenvalue weighted by Gasteiger charge is -2.37. The number of nitrogens with one attached hydrogen (secondary N) is 1. The summed E-state index contributed by atoms with van der Waals surface area (Å²) in [5.41, 5.74) is 3.12. The first kappa shape index (κ1) is 22.2. The number of piperazine rings is 1. The summed E-state index contributed by atoms with van der Waals surface area (Å²) in [6, 6.07) is 11.9. The molecule has 2 aromatic rings. The van der Waals surface area contributed by atoms with Crippen molar-refractivity contribution in [2.75, 3.05) is 31.1 Å². The van der Waals surface area contributed by atoms with E-state index in [0.29, 0.717) is 32.0 Å². The Hall–Kier alpha value is -2.44. The topological polar surface area (TPSA) is 65.5 Å². The van der Waals surface area contributed by atoms with Crippen LogP contribution in [0.25, 0.3) is 0 Å². The number of pyridine rings is 1. The van der Waals surface area contributed by atoms with Gasteiger partial charge in [0.1, 0.15) is 5.92 Å². The van der Waals surface area contributed by atoms with E-state index >= 15 is 0 Å². The van der Waals surface area contributed by atoms with E-state index in [2.05, 4.69) is 36.3 Å². The summed E-state index contributed by atoms with van der Waals surface area (Å²) < 4.78 is 0. The van der Waals surface area contributed by atoms with Gasteiger partial charge in [0.2, 0.25) is 11.8 Å². The SMILES string of the molecule is CC(C)c1ccc(N2CCC(C(=O)N3CCNCC3c3cccnc3)C2=O)cc1.Cl. The van der Waals surface area contributed by atoms with Crippen LogP contribution in [-0.2, 0) is 9.59 Å². The lowest BCUT2D eigenvalue weighted by Crippen LogP contribution is -2.51. The minimum absolute atomic E-state index is 0. The molecule has 2 aliphatic heterocycles. The van der Waals surface area contributed by atoms with Gasteiger partial charge in [0, 0.05) is 44.3 Å². The van der Waals surface area contributed by atoms with E-state index in [1.807, 2.05) is 29.2 Å². The molecule has 2 unspecified atom stereocenters. The maximum Gasteiger partial charge on any atom is 0.239 e. The molecule has 2 amide bonds. The molecule has 2 atom stereocenters. The molecular weight excluding hydrogens is 400 g/mol. The Kier molecular flexibility index (Phi) is 7.10. The number of halogens is 1. The zero-order valence-corrected chi connectivity index (χ0v) is 18.3. The number of amides is 2. The molecule has 6 nitrogen and oxygen atoms in total. The van der Waals surface area contributed by atoms with E-state index < -0.39 is 5.92 Å². The number of hydrogen-bond donors (Lipinski definition) is 1. The van der Waals surface area contributed by atoms with Gasteiger partial charge in [0.15, 0.2) is 0 Å². The van der Waals surface area contributed by atoms with Crippen molar-refractivity contribution in [2.24, 2.45) is 5.92 Å². The van der Waals surface area contributed by atoms with Crippen LogP contribution in [-0.4, -0.2) is 47.9 Å².